The molecule has 0 aromatic heterocycles. The molecule has 15 heavy (non-hydrogen) atoms. The molecule has 2 aliphatic carbocycles. The third-order valence-corrected chi connectivity index (χ3v) is 4.83. The maximum absolute atomic E-state index is 10.9. The monoisotopic (exact) mass is 209 g/mol. The first kappa shape index (κ1) is 9.64. The van der Waals surface area contributed by atoms with Gasteiger partial charge in [-0.1, -0.05) is 25.7 Å². The van der Waals surface area contributed by atoms with Gasteiger partial charge in [0, 0.05) is 6.54 Å². The van der Waals surface area contributed by atoms with E-state index >= 15 is 0 Å². The lowest BCUT2D eigenvalue weighted by molar-refractivity contribution is -0.139. The Bertz CT molecular complexity index is 285. The summed E-state index contributed by atoms with van der Waals surface area (Å²) in [5.74, 6) is 1.10. The van der Waals surface area contributed by atoms with Crippen LogP contribution in [0.3, 0.4) is 0 Å². The maximum Gasteiger partial charge on any atom is 0.320 e. The minimum Gasteiger partial charge on any atom is -0.480 e. The molecule has 1 saturated heterocycles. The van der Waals surface area contributed by atoms with Crippen LogP contribution in [-0.2, 0) is 4.79 Å². The second-order valence-electron chi connectivity index (χ2n) is 5.69. The van der Waals surface area contributed by atoms with Gasteiger partial charge in [0.2, 0.25) is 0 Å². The summed E-state index contributed by atoms with van der Waals surface area (Å²) in [6.45, 7) is 0.950. The van der Waals surface area contributed by atoms with Crippen molar-refractivity contribution in [2.75, 3.05) is 6.54 Å². The molecule has 3 aliphatic rings. The molecule has 0 amide bonds. The fraction of sp³-hybridized carbons (Fsp3) is 0.917. The van der Waals surface area contributed by atoms with Crippen LogP contribution in [0.2, 0.25) is 0 Å². The number of nitrogens with one attached hydrogen (secondary N) is 1. The molecule has 3 rings (SSSR count). The van der Waals surface area contributed by atoms with Crippen LogP contribution in [0, 0.1) is 17.3 Å². The summed E-state index contributed by atoms with van der Waals surface area (Å²) in [4.78, 5) is 10.9. The summed E-state index contributed by atoms with van der Waals surface area (Å²) >= 11 is 0. The van der Waals surface area contributed by atoms with Gasteiger partial charge in [-0.25, -0.2) is 0 Å². The van der Waals surface area contributed by atoms with Gasteiger partial charge in [0.05, 0.1) is 0 Å². The zero-order chi connectivity index (χ0) is 10.5. The number of rotatable bonds is 2. The average molecular weight is 209 g/mol. The summed E-state index contributed by atoms with van der Waals surface area (Å²) in [7, 11) is 0. The van der Waals surface area contributed by atoms with Crippen LogP contribution < -0.4 is 5.32 Å². The Labute approximate surface area is 90.2 Å². The predicted octanol–water partition coefficient (Wildman–Crippen LogP) is 1.63. The van der Waals surface area contributed by atoms with E-state index in [0.717, 1.165) is 24.8 Å². The van der Waals surface area contributed by atoms with Crippen molar-refractivity contribution in [2.24, 2.45) is 17.3 Å². The van der Waals surface area contributed by atoms with Crippen molar-refractivity contribution in [1.29, 1.82) is 0 Å². The fourth-order valence-electron chi connectivity index (χ4n) is 3.90. The molecular weight excluding hydrogens is 190 g/mol. The molecule has 0 aromatic rings. The van der Waals surface area contributed by atoms with Crippen LogP contribution in [-0.4, -0.2) is 23.7 Å². The van der Waals surface area contributed by atoms with Gasteiger partial charge in [0.25, 0.3) is 0 Å². The second-order valence-corrected chi connectivity index (χ2v) is 5.69. The van der Waals surface area contributed by atoms with E-state index in [9.17, 15) is 4.79 Å². The Morgan fingerprint density at radius 3 is 2.60 bits per heavy atom. The predicted molar refractivity (Wildman–Crippen MR) is 56.5 cm³/mol. The van der Waals surface area contributed by atoms with Crippen LogP contribution >= 0.6 is 0 Å². The number of aliphatic carboxylic acids is 1. The highest BCUT2D eigenvalue weighted by atomic mass is 16.4. The molecule has 1 heterocycles. The Balaban J connectivity index is 1.63. The Morgan fingerprint density at radius 1 is 1.27 bits per heavy atom. The minimum absolute atomic E-state index is 0.267. The van der Waals surface area contributed by atoms with E-state index in [1.807, 2.05) is 0 Å². The lowest BCUT2D eigenvalue weighted by Gasteiger charge is -2.13. The van der Waals surface area contributed by atoms with E-state index in [1.54, 1.807) is 0 Å². The third-order valence-electron chi connectivity index (χ3n) is 4.83. The van der Waals surface area contributed by atoms with E-state index in [1.165, 1.54) is 32.1 Å². The average Bonchev–Trinajstić information content (AvgIpc) is 2.64. The highest BCUT2D eigenvalue weighted by Gasteiger charge is 2.60. The molecule has 3 fully saturated rings. The summed E-state index contributed by atoms with van der Waals surface area (Å²) in [5.41, 5.74) is 0.387. The first-order valence-electron chi connectivity index (χ1n) is 6.17. The lowest BCUT2D eigenvalue weighted by Crippen LogP contribution is -2.29. The quantitative estimate of drug-likeness (QED) is 0.726. The van der Waals surface area contributed by atoms with Crippen molar-refractivity contribution >= 4 is 5.97 Å². The van der Waals surface area contributed by atoms with Crippen LogP contribution in [0.25, 0.3) is 0 Å². The van der Waals surface area contributed by atoms with Crippen molar-refractivity contribution in [2.45, 2.75) is 44.6 Å². The smallest absolute Gasteiger partial charge is 0.320 e. The molecule has 1 aliphatic heterocycles. The molecular formula is C12H19NO2. The Morgan fingerprint density at radius 2 is 2.00 bits per heavy atom. The minimum atomic E-state index is -0.663. The van der Waals surface area contributed by atoms with Crippen molar-refractivity contribution in [1.82, 2.24) is 5.32 Å². The third kappa shape index (κ3) is 1.48. The largest absolute Gasteiger partial charge is 0.480 e. The maximum atomic E-state index is 10.9. The normalized spacial score (nSPS) is 45.1. The van der Waals surface area contributed by atoms with E-state index < -0.39 is 5.97 Å². The van der Waals surface area contributed by atoms with E-state index in [2.05, 4.69) is 5.32 Å². The molecule has 0 radical (unpaired) electrons. The summed E-state index contributed by atoms with van der Waals surface area (Å²) in [6.07, 6.45) is 7.74. The molecule has 3 nitrogen and oxygen atoms in total. The summed E-state index contributed by atoms with van der Waals surface area (Å²) < 4.78 is 0. The molecule has 1 unspecified atom stereocenters. The van der Waals surface area contributed by atoms with Gasteiger partial charge in [-0.05, 0) is 30.1 Å². The van der Waals surface area contributed by atoms with E-state index in [0.29, 0.717) is 5.41 Å². The molecule has 0 bridgehead atoms. The summed E-state index contributed by atoms with van der Waals surface area (Å²) in [6, 6.07) is -0.267. The van der Waals surface area contributed by atoms with Gasteiger partial charge in [-0.2, -0.15) is 0 Å². The molecule has 1 spiro atoms. The standard InChI is InChI=1S/C12H19NO2/c14-11(15)10-6-12(7-13-10)5-9(12)8-3-1-2-4-8/h8-10,13H,1-7H2,(H,14,15)/t9?,10-,12+/m0/s1. The fourth-order valence-corrected chi connectivity index (χ4v) is 3.90. The number of carboxylic acid groups (broad SMARTS) is 1. The van der Waals surface area contributed by atoms with Gasteiger partial charge in [0.15, 0.2) is 0 Å². The van der Waals surface area contributed by atoms with Crippen molar-refractivity contribution in [3.05, 3.63) is 0 Å². The van der Waals surface area contributed by atoms with E-state index in [-0.39, 0.29) is 6.04 Å². The zero-order valence-corrected chi connectivity index (χ0v) is 9.04. The molecule has 0 aromatic carbocycles. The molecule has 2 N–H and O–H groups in total. The van der Waals surface area contributed by atoms with Gasteiger partial charge in [-0.15, -0.1) is 0 Å². The van der Waals surface area contributed by atoms with Crippen molar-refractivity contribution < 1.29 is 9.90 Å². The zero-order valence-electron chi connectivity index (χ0n) is 9.04. The molecule has 84 valence electrons. The molecule has 2 saturated carbocycles. The number of hydrogen-bond donors (Lipinski definition) is 2. The number of carbonyl (C=O) groups is 1. The van der Waals surface area contributed by atoms with Gasteiger partial charge in [-0.3, -0.25) is 4.79 Å². The van der Waals surface area contributed by atoms with Gasteiger partial charge < -0.3 is 10.4 Å². The first-order valence-corrected chi connectivity index (χ1v) is 6.17. The van der Waals surface area contributed by atoms with Crippen molar-refractivity contribution in [3.8, 4) is 0 Å². The first-order chi connectivity index (χ1) is 7.21. The highest BCUT2D eigenvalue weighted by molar-refractivity contribution is 5.74. The topological polar surface area (TPSA) is 49.3 Å². The van der Waals surface area contributed by atoms with Gasteiger partial charge in [0.1, 0.15) is 6.04 Å². The van der Waals surface area contributed by atoms with Gasteiger partial charge >= 0.3 is 5.97 Å². The molecule has 3 atom stereocenters. The number of hydrogen-bond acceptors (Lipinski definition) is 2. The molecule has 3 heteroatoms. The second kappa shape index (κ2) is 3.21. The van der Waals surface area contributed by atoms with Crippen LogP contribution in [0.15, 0.2) is 0 Å². The highest BCUT2D eigenvalue weighted by Crippen LogP contribution is 2.63. The van der Waals surface area contributed by atoms with Crippen LogP contribution in [0.4, 0.5) is 0 Å². The lowest BCUT2D eigenvalue weighted by atomic mass is 9.91. The van der Waals surface area contributed by atoms with E-state index in [4.69, 9.17) is 5.11 Å². The summed E-state index contributed by atoms with van der Waals surface area (Å²) in [5, 5.41) is 12.1. The van der Waals surface area contributed by atoms with Crippen LogP contribution in [0.5, 0.6) is 0 Å². The Kier molecular flexibility index (Phi) is 2.06. The number of carboxylic acids is 1. The SMILES string of the molecule is O=C(O)[C@@H]1C[C@@]2(CN1)CC2C1CCCC1. The van der Waals surface area contributed by atoms with Crippen LogP contribution in [0.1, 0.15) is 38.5 Å². The Hall–Kier alpha value is -0.570. The van der Waals surface area contributed by atoms with Crippen molar-refractivity contribution in [3.63, 3.8) is 0 Å².